The summed E-state index contributed by atoms with van der Waals surface area (Å²) >= 11 is 0. The molecule has 1 N–H and O–H groups in total. The number of carbonyl (C=O) groups excluding carboxylic acids is 2. The monoisotopic (exact) mass is 343 g/mol. The minimum atomic E-state index is -0.409. The van der Waals surface area contributed by atoms with Gasteiger partial charge in [0.15, 0.2) is 11.5 Å². The van der Waals surface area contributed by atoms with Gasteiger partial charge >= 0.3 is 0 Å². The average Bonchev–Trinajstić information content (AvgIpc) is 2.72. The number of carbonyl (C=O) groups is 2. The SMILES string of the molecule is C=CC(=O)NOc1ccc(-c2ccc(C(=O)c3ccccc3)cc2)cc1. The number of benzene rings is 3. The van der Waals surface area contributed by atoms with Gasteiger partial charge in [0.05, 0.1) is 0 Å². The second-order valence-corrected chi connectivity index (χ2v) is 5.57. The maximum absolute atomic E-state index is 12.4. The van der Waals surface area contributed by atoms with Gasteiger partial charge in [0, 0.05) is 11.1 Å². The first-order valence-corrected chi connectivity index (χ1v) is 8.07. The van der Waals surface area contributed by atoms with Gasteiger partial charge in [-0.3, -0.25) is 9.59 Å². The van der Waals surface area contributed by atoms with E-state index in [1.807, 2.05) is 54.6 Å². The number of hydrogen-bond acceptors (Lipinski definition) is 3. The molecule has 4 heteroatoms. The highest BCUT2D eigenvalue weighted by atomic mass is 16.7. The van der Waals surface area contributed by atoms with Crippen molar-refractivity contribution in [1.29, 1.82) is 0 Å². The van der Waals surface area contributed by atoms with Gasteiger partial charge in [-0.05, 0) is 29.3 Å². The Bertz CT molecular complexity index is 914. The molecule has 0 saturated heterocycles. The molecule has 3 aromatic carbocycles. The van der Waals surface area contributed by atoms with Crippen molar-refractivity contribution in [2.75, 3.05) is 0 Å². The van der Waals surface area contributed by atoms with E-state index in [0.29, 0.717) is 16.9 Å². The summed E-state index contributed by atoms with van der Waals surface area (Å²) in [6.45, 7) is 3.35. The van der Waals surface area contributed by atoms with E-state index >= 15 is 0 Å². The predicted octanol–water partition coefficient (Wildman–Crippen LogP) is 4.18. The van der Waals surface area contributed by atoms with Crippen molar-refractivity contribution in [3.8, 4) is 16.9 Å². The topological polar surface area (TPSA) is 55.4 Å². The molecular weight excluding hydrogens is 326 g/mol. The molecule has 26 heavy (non-hydrogen) atoms. The summed E-state index contributed by atoms with van der Waals surface area (Å²) in [5.74, 6) is 0.103. The first kappa shape index (κ1) is 17.2. The first-order valence-electron chi connectivity index (χ1n) is 8.07. The van der Waals surface area contributed by atoms with Crippen LogP contribution in [0.15, 0.2) is 91.5 Å². The molecule has 0 saturated carbocycles. The van der Waals surface area contributed by atoms with Gasteiger partial charge in [-0.1, -0.05) is 73.3 Å². The first-order chi connectivity index (χ1) is 12.7. The van der Waals surface area contributed by atoms with Crippen LogP contribution in [0.1, 0.15) is 15.9 Å². The van der Waals surface area contributed by atoms with Crippen molar-refractivity contribution in [2.45, 2.75) is 0 Å². The zero-order valence-corrected chi connectivity index (χ0v) is 14.0. The summed E-state index contributed by atoms with van der Waals surface area (Å²) in [7, 11) is 0. The minimum absolute atomic E-state index is 0.00106. The third kappa shape index (κ3) is 4.05. The molecule has 0 aliphatic heterocycles. The van der Waals surface area contributed by atoms with Crippen LogP contribution in [-0.4, -0.2) is 11.7 Å². The van der Waals surface area contributed by atoms with Gasteiger partial charge in [-0.15, -0.1) is 0 Å². The Balaban J connectivity index is 1.71. The Labute approximate surface area is 151 Å². The number of amides is 1. The zero-order valence-electron chi connectivity index (χ0n) is 14.0. The van der Waals surface area contributed by atoms with E-state index in [2.05, 4.69) is 12.1 Å². The number of hydrogen-bond donors (Lipinski definition) is 1. The van der Waals surface area contributed by atoms with Gasteiger partial charge in [-0.2, -0.15) is 5.48 Å². The largest absolute Gasteiger partial charge is 0.379 e. The van der Waals surface area contributed by atoms with Crippen LogP contribution in [0.4, 0.5) is 0 Å². The fraction of sp³-hybridized carbons (Fsp3) is 0. The summed E-state index contributed by atoms with van der Waals surface area (Å²) in [6, 6.07) is 23.9. The fourth-order valence-electron chi connectivity index (χ4n) is 2.44. The Morgan fingerprint density at radius 2 is 1.31 bits per heavy atom. The summed E-state index contributed by atoms with van der Waals surface area (Å²) in [5.41, 5.74) is 5.52. The molecule has 0 spiro atoms. The minimum Gasteiger partial charge on any atom is -0.379 e. The molecule has 0 heterocycles. The van der Waals surface area contributed by atoms with E-state index in [9.17, 15) is 9.59 Å². The molecule has 4 nitrogen and oxygen atoms in total. The molecule has 0 bridgehead atoms. The van der Waals surface area contributed by atoms with Gasteiger partial charge in [0.1, 0.15) is 0 Å². The summed E-state index contributed by atoms with van der Waals surface area (Å²) in [5, 5.41) is 0. The van der Waals surface area contributed by atoms with Crippen LogP contribution in [-0.2, 0) is 4.79 Å². The van der Waals surface area contributed by atoms with Gasteiger partial charge < -0.3 is 4.84 Å². The van der Waals surface area contributed by atoms with Crippen LogP contribution in [0.5, 0.6) is 5.75 Å². The van der Waals surface area contributed by atoms with E-state index in [-0.39, 0.29) is 5.78 Å². The van der Waals surface area contributed by atoms with E-state index in [1.54, 1.807) is 24.3 Å². The second kappa shape index (κ2) is 7.94. The highest BCUT2D eigenvalue weighted by Gasteiger charge is 2.08. The Morgan fingerprint density at radius 3 is 1.88 bits per heavy atom. The third-order valence-corrected chi connectivity index (χ3v) is 3.83. The molecule has 1 amide bonds. The van der Waals surface area contributed by atoms with Crippen LogP contribution in [0.3, 0.4) is 0 Å². The quantitative estimate of drug-likeness (QED) is 0.415. The van der Waals surface area contributed by atoms with Gasteiger partial charge in [0.2, 0.25) is 0 Å². The molecular formula is C22H17NO3. The average molecular weight is 343 g/mol. The van der Waals surface area contributed by atoms with Gasteiger partial charge in [-0.25, -0.2) is 0 Å². The van der Waals surface area contributed by atoms with E-state index < -0.39 is 5.91 Å². The van der Waals surface area contributed by atoms with Crippen molar-refractivity contribution in [3.63, 3.8) is 0 Å². The van der Waals surface area contributed by atoms with Crippen molar-refractivity contribution >= 4 is 11.7 Å². The van der Waals surface area contributed by atoms with Crippen LogP contribution < -0.4 is 10.3 Å². The summed E-state index contributed by atoms with van der Waals surface area (Å²) in [4.78, 5) is 28.6. The predicted molar refractivity (Wildman–Crippen MR) is 101 cm³/mol. The Hall–Kier alpha value is -3.66. The molecule has 0 radical (unpaired) electrons. The van der Waals surface area contributed by atoms with Crippen molar-refractivity contribution in [2.24, 2.45) is 0 Å². The molecule has 0 aliphatic rings. The van der Waals surface area contributed by atoms with Crippen LogP contribution in [0.25, 0.3) is 11.1 Å². The molecule has 0 atom stereocenters. The van der Waals surface area contributed by atoms with E-state index in [0.717, 1.165) is 17.2 Å². The van der Waals surface area contributed by atoms with Crippen molar-refractivity contribution in [1.82, 2.24) is 5.48 Å². The highest BCUT2D eigenvalue weighted by molar-refractivity contribution is 6.09. The number of nitrogens with one attached hydrogen (secondary N) is 1. The lowest BCUT2D eigenvalue weighted by Gasteiger charge is -2.07. The smallest absolute Gasteiger partial charge is 0.276 e. The number of rotatable bonds is 6. The van der Waals surface area contributed by atoms with Crippen LogP contribution >= 0.6 is 0 Å². The molecule has 0 aromatic heterocycles. The second-order valence-electron chi connectivity index (χ2n) is 5.57. The zero-order chi connectivity index (χ0) is 18.4. The molecule has 3 aromatic rings. The maximum atomic E-state index is 12.4. The highest BCUT2D eigenvalue weighted by Crippen LogP contribution is 2.23. The lowest BCUT2D eigenvalue weighted by atomic mass is 9.99. The fourth-order valence-corrected chi connectivity index (χ4v) is 2.44. The van der Waals surface area contributed by atoms with Crippen LogP contribution in [0.2, 0.25) is 0 Å². The van der Waals surface area contributed by atoms with Gasteiger partial charge in [0.25, 0.3) is 5.91 Å². The van der Waals surface area contributed by atoms with E-state index in [4.69, 9.17) is 4.84 Å². The maximum Gasteiger partial charge on any atom is 0.276 e. The summed E-state index contributed by atoms with van der Waals surface area (Å²) < 4.78 is 0. The lowest BCUT2D eigenvalue weighted by molar-refractivity contribution is -0.122. The Kier molecular flexibility index (Phi) is 5.25. The summed E-state index contributed by atoms with van der Waals surface area (Å²) in [6.07, 6.45) is 1.13. The third-order valence-electron chi connectivity index (χ3n) is 3.83. The molecule has 0 unspecified atom stereocenters. The number of ketones is 1. The van der Waals surface area contributed by atoms with Crippen LogP contribution in [0, 0.1) is 0 Å². The normalized spacial score (nSPS) is 10.0. The molecule has 0 fully saturated rings. The lowest BCUT2D eigenvalue weighted by Crippen LogP contribution is -2.24. The standard InChI is InChI=1S/C22H17NO3/c1-2-21(24)23-26-20-14-12-17(13-15-20)16-8-10-19(11-9-16)22(25)18-6-4-3-5-7-18/h2-15H,1H2,(H,23,24). The number of hydroxylamine groups is 1. The van der Waals surface area contributed by atoms with Crippen molar-refractivity contribution in [3.05, 3.63) is 103 Å². The van der Waals surface area contributed by atoms with E-state index in [1.165, 1.54) is 0 Å². The van der Waals surface area contributed by atoms with Crippen molar-refractivity contribution < 1.29 is 14.4 Å². The Morgan fingerprint density at radius 1 is 0.769 bits per heavy atom. The molecule has 0 aliphatic carbocycles. The molecule has 128 valence electrons. The molecule has 3 rings (SSSR count).